The molecule has 1 aromatic carbocycles. The summed E-state index contributed by atoms with van der Waals surface area (Å²) in [5.41, 5.74) is -1.26. The molecule has 0 radical (unpaired) electrons. The van der Waals surface area contributed by atoms with Crippen molar-refractivity contribution >= 4 is 22.0 Å². The molecule has 1 aromatic rings. The normalized spacial score (nSPS) is 23.4. The first-order chi connectivity index (χ1) is 17.7. The fourth-order valence-electron chi connectivity index (χ4n) is 6.41. The van der Waals surface area contributed by atoms with Gasteiger partial charge in [-0.2, -0.15) is 17.5 Å². The molecular formula is C27H40F3N3O5S. The van der Waals surface area contributed by atoms with Gasteiger partial charge in [0.15, 0.2) is 0 Å². The molecule has 2 fully saturated rings. The number of carbonyl (C=O) groups is 2. The van der Waals surface area contributed by atoms with E-state index in [0.29, 0.717) is 19.3 Å². The number of fused-ring (bicyclic) bond motifs is 1. The van der Waals surface area contributed by atoms with Crippen molar-refractivity contribution < 1.29 is 36.3 Å². The Balaban J connectivity index is 1.73. The number of hydrogen-bond acceptors (Lipinski definition) is 4. The summed E-state index contributed by atoms with van der Waals surface area (Å²) in [6, 6.07) is 2.21. The average molecular weight is 576 g/mol. The molecule has 0 aromatic heterocycles. The third-order valence-corrected chi connectivity index (χ3v) is 9.64. The Morgan fingerprint density at radius 2 is 1.67 bits per heavy atom. The standard InChI is InChI=1S/C27H40F3N3O5S/c1-25(2,3)16-26(4,5)13-22(32(6)24(35)36)23(34)31-21-12-7-17-14-33(15-20(17)21)39(37,38)19-10-8-18(9-11-19)27(28,29)30/h8-11,17,20-22H,7,12-16H2,1-6H3,(H,31,34)(H,35,36)/t17-,20+,21+,22-/m0/s1. The van der Waals surface area contributed by atoms with Gasteiger partial charge in [-0.05, 0) is 72.6 Å². The number of nitrogens with zero attached hydrogens (tertiary/aromatic N) is 2. The number of likely N-dealkylation sites (N-methyl/N-ethyl adjacent to an activating group) is 1. The van der Waals surface area contributed by atoms with Crippen molar-refractivity contribution in [3.05, 3.63) is 29.8 Å². The zero-order valence-electron chi connectivity index (χ0n) is 23.4. The number of hydrogen-bond donors (Lipinski definition) is 2. The predicted molar refractivity (Wildman–Crippen MR) is 140 cm³/mol. The van der Waals surface area contributed by atoms with E-state index in [1.807, 2.05) is 13.8 Å². The van der Waals surface area contributed by atoms with Crippen LogP contribution in [0.1, 0.15) is 65.9 Å². The molecule has 8 nitrogen and oxygen atoms in total. The quantitative estimate of drug-likeness (QED) is 0.451. The largest absolute Gasteiger partial charge is 0.465 e. The molecule has 2 aliphatic rings. The van der Waals surface area contributed by atoms with E-state index in [1.165, 1.54) is 11.4 Å². The molecule has 1 aliphatic carbocycles. The molecule has 1 aliphatic heterocycles. The minimum atomic E-state index is -4.56. The zero-order valence-corrected chi connectivity index (χ0v) is 24.2. The van der Waals surface area contributed by atoms with Gasteiger partial charge in [-0.15, -0.1) is 0 Å². The highest BCUT2D eigenvalue weighted by Gasteiger charge is 2.48. The van der Waals surface area contributed by atoms with E-state index in [2.05, 4.69) is 26.1 Å². The van der Waals surface area contributed by atoms with Crippen molar-refractivity contribution in [1.29, 1.82) is 0 Å². The summed E-state index contributed by atoms with van der Waals surface area (Å²) in [6.07, 6.45) is -3.34. The van der Waals surface area contributed by atoms with E-state index >= 15 is 0 Å². The van der Waals surface area contributed by atoms with Crippen molar-refractivity contribution in [2.24, 2.45) is 22.7 Å². The summed E-state index contributed by atoms with van der Waals surface area (Å²) >= 11 is 0. The maximum atomic E-state index is 13.4. The number of halogens is 3. The number of rotatable bonds is 8. The lowest BCUT2D eigenvalue weighted by molar-refractivity contribution is -0.137. The van der Waals surface area contributed by atoms with Crippen LogP contribution in [0.3, 0.4) is 0 Å². The molecule has 39 heavy (non-hydrogen) atoms. The van der Waals surface area contributed by atoms with Gasteiger partial charge >= 0.3 is 12.3 Å². The van der Waals surface area contributed by atoms with E-state index in [-0.39, 0.29) is 46.7 Å². The Labute approximate surface area is 229 Å². The topological polar surface area (TPSA) is 107 Å². The fraction of sp³-hybridized carbons (Fsp3) is 0.704. The number of alkyl halides is 3. The van der Waals surface area contributed by atoms with Gasteiger partial charge in [0, 0.05) is 26.2 Å². The zero-order chi connectivity index (χ0) is 29.6. The maximum Gasteiger partial charge on any atom is 0.416 e. The summed E-state index contributed by atoms with van der Waals surface area (Å²) in [5.74, 6) is -0.583. The number of carboxylic acid groups (broad SMARTS) is 1. The van der Waals surface area contributed by atoms with Crippen LogP contribution in [0.25, 0.3) is 0 Å². The number of benzene rings is 1. The summed E-state index contributed by atoms with van der Waals surface area (Å²) < 4.78 is 66.4. The molecule has 2 amide bonds. The van der Waals surface area contributed by atoms with Crippen LogP contribution in [0, 0.1) is 22.7 Å². The molecule has 0 unspecified atom stereocenters. The number of amides is 2. The van der Waals surface area contributed by atoms with Crippen LogP contribution in [0.15, 0.2) is 29.2 Å². The van der Waals surface area contributed by atoms with Crippen LogP contribution in [-0.4, -0.2) is 67.0 Å². The molecule has 1 saturated carbocycles. The third-order valence-electron chi connectivity index (χ3n) is 7.80. The van der Waals surface area contributed by atoms with Gasteiger partial charge in [-0.25, -0.2) is 13.2 Å². The Morgan fingerprint density at radius 3 is 2.18 bits per heavy atom. The van der Waals surface area contributed by atoms with E-state index < -0.39 is 39.8 Å². The summed E-state index contributed by atoms with van der Waals surface area (Å²) in [4.78, 5) is 26.1. The number of sulfonamides is 1. The minimum Gasteiger partial charge on any atom is -0.465 e. The molecule has 1 heterocycles. The van der Waals surface area contributed by atoms with E-state index in [1.54, 1.807) is 0 Å². The van der Waals surface area contributed by atoms with Crippen LogP contribution >= 0.6 is 0 Å². The lowest BCUT2D eigenvalue weighted by Crippen LogP contribution is -2.52. The fourth-order valence-corrected chi connectivity index (χ4v) is 7.95. The van der Waals surface area contributed by atoms with Crippen LogP contribution in [0.2, 0.25) is 0 Å². The van der Waals surface area contributed by atoms with E-state index in [0.717, 1.165) is 35.6 Å². The molecule has 12 heteroatoms. The maximum absolute atomic E-state index is 13.4. The Kier molecular flexibility index (Phi) is 8.73. The molecular weight excluding hydrogens is 535 g/mol. The first-order valence-corrected chi connectivity index (χ1v) is 14.6. The first-order valence-electron chi connectivity index (χ1n) is 13.1. The second kappa shape index (κ2) is 10.9. The second-order valence-electron chi connectivity index (χ2n) is 13.0. The molecule has 220 valence electrons. The van der Waals surface area contributed by atoms with Crippen molar-refractivity contribution in [1.82, 2.24) is 14.5 Å². The van der Waals surface area contributed by atoms with E-state index in [9.17, 15) is 36.3 Å². The van der Waals surface area contributed by atoms with E-state index in [4.69, 9.17) is 0 Å². The highest BCUT2D eigenvalue weighted by molar-refractivity contribution is 7.89. The van der Waals surface area contributed by atoms with Crippen LogP contribution in [0.5, 0.6) is 0 Å². The Hall–Kier alpha value is -2.34. The van der Waals surface area contributed by atoms with Crippen molar-refractivity contribution in [3.63, 3.8) is 0 Å². The number of nitrogens with one attached hydrogen (secondary N) is 1. The van der Waals surface area contributed by atoms with Gasteiger partial charge in [0.05, 0.1) is 10.5 Å². The molecule has 1 saturated heterocycles. The molecule has 0 bridgehead atoms. The summed E-state index contributed by atoms with van der Waals surface area (Å²) in [5, 5.41) is 12.7. The molecule has 2 N–H and O–H groups in total. The van der Waals surface area contributed by atoms with Crippen LogP contribution in [0.4, 0.5) is 18.0 Å². The molecule has 3 rings (SSSR count). The molecule has 4 atom stereocenters. The SMILES string of the molecule is CN(C(=O)O)[C@@H](CC(C)(C)CC(C)(C)C)C(=O)N[C@@H]1CC[C@H]2CN(S(=O)(=O)c3ccc(C(F)(F)F)cc3)C[C@H]21. The van der Waals surface area contributed by atoms with Gasteiger partial charge in [0.2, 0.25) is 15.9 Å². The van der Waals surface area contributed by atoms with Crippen LogP contribution < -0.4 is 5.32 Å². The highest BCUT2D eigenvalue weighted by Crippen LogP contribution is 2.41. The smallest absolute Gasteiger partial charge is 0.416 e. The second-order valence-corrected chi connectivity index (χ2v) is 14.9. The first kappa shape index (κ1) is 31.2. The average Bonchev–Trinajstić information content (AvgIpc) is 3.37. The lowest BCUT2D eigenvalue weighted by Gasteiger charge is -2.37. The predicted octanol–water partition coefficient (Wildman–Crippen LogP) is 5.05. The Morgan fingerprint density at radius 1 is 1.08 bits per heavy atom. The Bertz CT molecular complexity index is 1160. The van der Waals surface area contributed by atoms with Gasteiger partial charge in [-0.3, -0.25) is 9.69 Å². The van der Waals surface area contributed by atoms with Crippen molar-refractivity contribution in [3.8, 4) is 0 Å². The van der Waals surface area contributed by atoms with Gasteiger partial charge in [0.25, 0.3) is 0 Å². The summed E-state index contributed by atoms with van der Waals surface area (Å²) in [7, 11) is -2.63. The van der Waals surface area contributed by atoms with Crippen LogP contribution in [-0.2, 0) is 21.0 Å². The van der Waals surface area contributed by atoms with Gasteiger partial charge in [0.1, 0.15) is 6.04 Å². The number of carbonyl (C=O) groups excluding carboxylic acids is 1. The highest BCUT2D eigenvalue weighted by atomic mass is 32.2. The summed E-state index contributed by atoms with van der Waals surface area (Å²) in [6.45, 7) is 10.7. The van der Waals surface area contributed by atoms with Crippen molar-refractivity contribution in [2.45, 2.75) is 83.5 Å². The third kappa shape index (κ3) is 7.45. The van der Waals surface area contributed by atoms with Crippen molar-refractivity contribution in [2.75, 3.05) is 20.1 Å². The molecule has 0 spiro atoms. The van der Waals surface area contributed by atoms with Gasteiger partial charge in [-0.1, -0.05) is 34.6 Å². The minimum absolute atomic E-state index is 0.00694. The van der Waals surface area contributed by atoms with Gasteiger partial charge < -0.3 is 10.4 Å². The monoisotopic (exact) mass is 575 g/mol. The lowest BCUT2D eigenvalue weighted by atomic mass is 9.72.